The molecule has 2 aromatic heterocycles. The van der Waals surface area contributed by atoms with Crippen LogP contribution >= 0.6 is 22.9 Å². The van der Waals surface area contributed by atoms with E-state index in [9.17, 15) is 4.79 Å². The second kappa shape index (κ2) is 7.73. The molecule has 5 nitrogen and oxygen atoms in total. The first kappa shape index (κ1) is 17.5. The first-order valence-corrected chi connectivity index (χ1v) is 9.54. The smallest absolute Gasteiger partial charge is 0.230 e. The molecule has 0 unspecified atom stereocenters. The second-order valence-electron chi connectivity index (χ2n) is 5.87. The number of para-hydroxylation sites is 1. The van der Waals surface area contributed by atoms with Crippen LogP contribution in [-0.4, -0.2) is 20.7 Å². The molecular weight excluding hydrogens is 380 g/mol. The summed E-state index contributed by atoms with van der Waals surface area (Å²) in [5.74, 6) is -0.136. The summed E-state index contributed by atoms with van der Waals surface area (Å²) >= 11 is 7.57. The number of halogens is 1. The van der Waals surface area contributed by atoms with Gasteiger partial charge >= 0.3 is 0 Å². The van der Waals surface area contributed by atoms with Gasteiger partial charge < -0.3 is 5.32 Å². The topological polar surface area (TPSA) is 59.8 Å². The average Bonchev–Trinajstić information content (AvgIpc) is 3.33. The zero-order valence-corrected chi connectivity index (χ0v) is 15.7. The first-order chi connectivity index (χ1) is 13.2. The molecule has 0 spiro atoms. The molecular formula is C20H15ClN4OS. The Labute approximate surface area is 165 Å². The van der Waals surface area contributed by atoms with E-state index in [4.69, 9.17) is 11.6 Å². The highest BCUT2D eigenvalue weighted by molar-refractivity contribution is 7.14. The van der Waals surface area contributed by atoms with Gasteiger partial charge in [-0.2, -0.15) is 5.10 Å². The van der Waals surface area contributed by atoms with Gasteiger partial charge in [0.05, 0.1) is 24.0 Å². The lowest BCUT2D eigenvalue weighted by atomic mass is 10.2. The van der Waals surface area contributed by atoms with Gasteiger partial charge in [0.15, 0.2) is 5.13 Å². The Bertz CT molecular complexity index is 1070. The molecule has 0 fully saturated rings. The number of benzene rings is 2. The molecule has 1 N–H and O–H groups in total. The molecule has 0 aliphatic rings. The van der Waals surface area contributed by atoms with Gasteiger partial charge in [0.2, 0.25) is 5.91 Å². The number of anilines is 1. The summed E-state index contributed by atoms with van der Waals surface area (Å²) in [5.41, 5.74) is 3.38. The number of aromatic nitrogens is 3. The Morgan fingerprint density at radius 2 is 1.89 bits per heavy atom. The number of carbonyl (C=O) groups is 1. The van der Waals surface area contributed by atoms with Crippen molar-refractivity contribution in [3.8, 4) is 16.9 Å². The average molecular weight is 395 g/mol. The van der Waals surface area contributed by atoms with Crippen molar-refractivity contribution in [3.05, 3.63) is 83.0 Å². The van der Waals surface area contributed by atoms with E-state index in [1.54, 1.807) is 10.9 Å². The van der Waals surface area contributed by atoms with Crippen LogP contribution in [0.1, 0.15) is 5.56 Å². The number of carbonyl (C=O) groups excluding carboxylic acids is 1. The van der Waals surface area contributed by atoms with Crippen molar-refractivity contribution in [2.24, 2.45) is 0 Å². The number of nitrogens with zero attached hydrogens (tertiary/aromatic N) is 3. The molecule has 134 valence electrons. The van der Waals surface area contributed by atoms with E-state index in [2.05, 4.69) is 15.4 Å². The molecule has 4 aromatic rings. The van der Waals surface area contributed by atoms with Crippen molar-refractivity contribution in [2.75, 3.05) is 5.32 Å². The van der Waals surface area contributed by atoms with E-state index in [-0.39, 0.29) is 12.3 Å². The maximum absolute atomic E-state index is 12.3. The van der Waals surface area contributed by atoms with Gasteiger partial charge in [-0.1, -0.05) is 48.0 Å². The third-order valence-electron chi connectivity index (χ3n) is 3.92. The normalized spacial score (nSPS) is 10.7. The van der Waals surface area contributed by atoms with Gasteiger partial charge in [-0.3, -0.25) is 4.79 Å². The number of nitrogens with one attached hydrogen (secondary N) is 1. The highest BCUT2D eigenvalue weighted by atomic mass is 35.5. The predicted octanol–water partition coefficient (Wildman–Crippen LogP) is 4.83. The molecule has 4 rings (SSSR count). The Hall–Kier alpha value is -2.96. The Balaban J connectivity index is 1.42. The van der Waals surface area contributed by atoms with E-state index in [0.717, 1.165) is 22.5 Å². The Morgan fingerprint density at radius 3 is 2.70 bits per heavy atom. The standard InChI is InChI=1S/C20H15ClN4OS/c21-17-9-5-4-8-16(17)18-13-27-20(23-18)24-19(26)10-14-11-22-25(12-14)15-6-2-1-3-7-15/h1-9,11-13H,10H2,(H,23,24,26). The van der Waals surface area contributed by atoms with Gasteiger partial charge in [-0.15, -0.1) is 11.3 Å². The van der Waals surface area contributed by atoms with Crippen molar-refractivity contribution >= 4 is 34.0 Å². The fourth-order valence-electron chi connectivity index (χ4n) is 2.65. The van der Waals surface area contributed by atoms with Crippen molar-refractivity contribution in [2.45, 2.75) is 6.42 Å². The highest BCUT2D eigenvalue weighted by Crippen LogP contribution is 2.30. The van der Waals surface area contributed by atoms with Crippen LogP contribution < -0.4 is 5.32 Å². The van der Waals surface area contributed by atoms with Crippen LogP contribution in [0.5, 0.6) is 0 Å². The fraction of sp³-hybridized carbons (Fsp3) is 0.0500. The lowest BCUT2D eigenvalue weighted by Crippen LogP contribution is -2.13. The number of amides is 1. The predicted molar refractivity (Wildman–Crippen MR) is 108 cm³/mol. The fourth-order valence-corrected chi connectivity index (χ4v) is 3.61. The maximum Gasteiger partial charge on any atom is 0.230 e. The largest absolute Gasteiger partial charge is 0.302 e. The van der Waals surface area contributed by atoms with Gasteiger partial charge in [0.25, 0.3) is 0 Å². The zero-order valence-electron chi connectivity index (χ0n) is 14.2. The van der Waals surface area contributed by atoms with Crippen molar-refractivity contribution in [1.82, 2.24) is 14.8 Å². The monoisotopic (exact) mass is 394 g/mol. The number of rotatable bonds is 5. The Morgan fingerprint density at radius 1 is 1.11 bits per heavy atom. The third kappa shape index (κ3) is 4.07. The number of thiazole rings is 1. The zero-order chi connectivity index (χ0) is 18.6. The summed E-state index contributed by atoms with van der Waals surface area (Å²) < 4.78 is 1.75. The molecule has 27 heavy (non-hydrogen) atoms. The number of hydrogen-bond acceptors (Lipinski definition) is 4. The summed E-state index contributed by atoms with van der Waals surface area (Å²) in [6.45, 7) is 0. The molecule has 0 saturated heterocycles. The molecule has 0 atom stereocenters. The van der Waals surface area contributed by atoms with E-state index in [1.807, 2.05) is 66.2 Å². The third-order valence-corrected chi connectivity index (χ3v) is 5.01. The first-order valence-electron chi connectivity index (χ1n) is 8.28. The van der Waals surface area contributed by atoms with Crippen LogP contribution in [0, 0.1) is 0 Å². The minimum absolute atomic E-state index is 0.136. The van der Waals surface area contributed by atoms with Crippen LogP contribution in [0.15, 0.2) is 72.4 Å². The summed E-state index contributed by atoms with van der Waals surface area (Å²) in [5, 5.41) is 10.2. The summed E-state index contributed by atoms with van der Waals surface area (Å²) in [6.07, 6.45) is 3.78. The van der Waals surface area contributed by atoms with E-state index in [1.165, 1.54) is 11.3 Å². The summed E-state index contributed by atoms with van der Waals surface area (Å²) in [4.78, 5) is 16.8. The summed E-state index contributed by atoms with van der Waals surface area (Å²) in [6, 6.07) is 17.3. The van der Waals surface area contributed by atoms with Crippen molar-refractivity contribution in [1.29, 1.82) is 0 Å². The van der Waals surface area contributed by atoms with Crippen LogP contribution in [0.25, 0.3) is 16.9 Å². The molecule has 1 amide bonds. The lowest BCUT2D eigenvalue weighted by molar-refractivity contribution is -0.115. The van der Waals surface area contributed by atoms with E-state index in [0.29, 0.717) is 10.2 Å². The van der Waals surface area contributed by atoms with Gasteiger partial charge in [0.1, 0.15) is 0 Å². The van der Waals surface area contributed by atoms with Crippen molar-refractivity contribution in [3.63, 3.8) is 0 Å². The SMILES string of the molecule is O=C(Cc1cnn(-c2ccccc2)c1)Nc1nc(-c2ccccc2Cl)cs1. The van der Waals surface area contributed by atoms with Crippen LogP contribution in [0.4, 0.5) is 5.13 Å². The minimum Gasteiger partial charge on any atom is -0.302 e. The van der Waals surface area contributed by atoms with Crippen LogP contribution in [0.2, 0.25) is 5.02 Å². The molecule has 0 radical (unpaired) electrons. The van der Waals surface area contributed by atoms with Crippen LogP contribution in [0.3, 0.4) is 0 Å². The highest BCUT2D eigenvalue weighted by Gasteiger charge is 2.11. The van der Waals surface area contributed by atoms with Gasteiger partial charge in [-0.05, 0) is 23.8 Å². The van der Waals surface area contributed by atoms with Gasteiger partial charge in [-0.25, -0.2) is 9.67 Å². The number of hydrogen-bond donors (Lipinski definition) is 1. The quantitative estimate of drug-likeness (QED) is 0.527. The molecule has 7 heteroatoms. The van der Waals surface area contributed by atoms with Crippen LogP contribution in [-0.2, 0) is 11.2 Å². The maximum atomic E-state index is 12.3. The molecule has 2 aromatic carbocycles. The molecule has 0 bridgehead atoms. The van der Waals surface area contributed by atoms with Gasteiger partial charge in [0, 0.05) is 22.2 Å². The minimum atomic E-state index is -0.136. The summed E-state index contributed by atoms with van der Waals surface area (Å²) in [7, 11) is 0. The van der Waals surface area contributed by atoms with E-state index < -0.39 is 0 Å². The molecule has 0 aliphatic carbocycles. The lowest BCUT2D eigenvalue weighted by Gasteiger charge is -2.01. The van der Waals surface area contributed by atoms with E-state index >= 15 is 0 Å². The van der Waals surface area contributed by atoms with Crippen molar-refractivity contribution < 1.29 is 4.79 Å². The second-order valence-corrected chi connectivity index (χ2v) is 7.14. The molecule has 2 heterocycles. The molecule has 0 saturated carbocycles. The Kier molecular flexibility index (Phi) is 5.00. The molecule has 0 aliphatic heterocycles.